The molecule has 0 amide bonds. The van der Waals surface area contributed by atoms with Gasteiger partial charge in [-0.15, -0.1) is 0 Å². The fraction of sp³-hybridized carbons (Fsp3) is 0.778. The molecule has 0 aromatic carbocycles. The number of rotatable bonds is 7. The summed E-state index contributed by atoms with van der Waals surface area (Å²) in [7, 11) is 2.72. The van der Waals surface area contributed by atoms with E-state index in [0.717, 1.165) is 12.8 Å². The molecule has 7 nitrogen and oxygen atoms in total. The quantitative estimate of drug-likeness (QED) is 0.549. The van der Waals surface area contributed by atoms with Crippen LogP contribution in [0.2, 0.25) is 0 Å². The van der Waals surface area contributed by atoms with E-state index in [9.17, 15) is 14.7 Å². The Hall–Kier alpha value is -1.44. The molecule has 1 heterocycles. The first-order chi connectivity index (χ1) is 11.7. The lowest BCUT2D eigenvalue weighted by atomic mass is 9.75. The van der Waals surface area contributed by atoms with E-state index in [1.807, 2.05) is 6.92 Å². The molecule has 1 N–H and O–H groups in total. The van der Waals surface area contributed by atoms with Crippen LogP contribution in [-0.4, -0.2) is 55.9 Å². The van der Waals surface area contributed by atoms with Crippen LogP contribution in [0.5, 0.6) is 0 Å². The highest BCUT2D eigenvalue weighted by Crippen LogP contribution is 2.47. The van der Waals surface area contributed by atoms with Gasteiger partial charge < -0.3 is 24.1 Å². The number of esters is 2. The third-order valence-electron chi connectivity index (χ3n) is 4.53. The number of aliphatic hydroxyl groups is 1. The predicted molar refractivity (Wildman–Crippen MR) is 90.7 cm³/mol. The minimum Gasteiger partial charge on any atom is -0.466 e. The number of ether oxygens (including phenoxy) is 4. The maximum Gasteiger partial charge on any atom is 0.330 e. The second-order valence-corrected chi connectivity index (χ2v) is 6.88. The molecule has 1 aliphatic rings. The van der Waals surface area contributed by atoms with Crippen LogP contribution in [0.15, 0.2) is 11.6 Å². The van der Waals surface area contributed by atoms with Crippen molar-refractivity contribution in [3.63, 3.8) is 0 Å². The smallest absolute Gasteiger partial charge is 0.330 e. The van der Waals surface area contributed by atoms with Crippen molar-refractivity contribution >= 4 is 11.9 Å². The maximum absolute atomic E-state index is 11.8. The molecule has 3 atom stereocenters. The molecule has 0 spiro atoms. The number of methoxy groups -OCH3 is 2. The first kappa shape index (κ1) is 21.6. The van der Waals surface area contributed by atoms with Gasteiger partial charge in [0.2, 0.25) is 5.79 Å². The summed E-state index contributed by atoms with van der Waals surface area (Å²) in [5.41, 5.74) is -0.348. The van der Waals surface area contributed by atoms with Crippen LogP contribution in [-0.2, 0) is 28.5 Å². The lowest BCUT2D eigenvalue weighted by Gasteiger charge is -2.53. The minimum atomic E-state index is -1.43. The third-order valence-corrected chi connectivity index (χ3v) is 4.53. The normalized spacial score (nSPS) is 28.7. The second kappa shape index (κ2) is 8.78. The van der Waals surface area contributed by atoms with Crippen molar-refractivity contribution in [1.82, 2.24) is 0 Å². The minimum absolute atomic E-state index is 0.238. The first-order valence-electron chi connectivity index (χ1n) is 8.46. The summed E-state index contributed by atoms with van der Waals surface area (Å²) in [5, 5.41) is 9.91. The summed E-state index contributed by atoms with van der Waals surface area (Å²) in [6, 6.07) is 0. The van der Waals surface area contributed by atoms with E-state index in [1.165, 1.54) is 27.2 Å². The van der Waals surface area contributed by atoms with E-state index in [2.05, 4.69) is 0 Å². The topological polar surface area (TPSA) is 91.3 Å². The lowest BCUT2D eigenvalue weighted by Crippen LogP contribution is -2.64. The van der Waals surface area contributed by atoms with Crippen LogP contribution in [0, 0.1) is 5.41 Å². The van der Waals surface area contributed by atoms with Crippen molar-refractivity contribution in [3.05, 3.63) is 11.6 Å². The van der Waals surface area contributed by atoms with E-state index >= 15 is 0 Å². The molecule has 0 radical (unpaired) electrons. The van der Waals surface area contributed by atoms with Gasteiger partial charge in [0.05, 0.1) is 19.8 Å². The van der Waals surface area contributed by atoms with Crippen molar-refractivity contribution in [1.29, 1.82) is 0 Å². The van der Waals surface area contributed by atoms with Gasteiger partial charge in [-0.05, 0) is 18.4 Å². The van der Waals surface area contributed by atoms with E-state index in [4.69, 9.17) is 18.9 Å². The Labute approximate surface area is 149 Å². The van der Waals surface area contributed by atoms with Gasteiger partial charge in [0.25, 0.3) is 0 Å². The molecule has 0 unspecified atom stereocenters. The zero-order chi connectivity index (χ0) is 19.3. The highest BCUT2D eigenvalue weighted by atomic mass is 16.7. The number of hydrogen-bond donors (Lipinski definition) is 1. The summed E-state index contributed by atoms with van der Waals surface area (Å²) in [6.07, 6.45) is 2.13. The molecule has 0 bridgehead atoms. The third kappa shape index (κ3) is 4.59. The Morgan fingerprint density at radius 3 is 2.48 bits per heavy atom. The molecular weight excluding hydrogens is 328 g/mol. The Morgan fingerprint density at radius 2 is 2.04 bits per heavy atom. The van der Waals surface area contributed by atoms with Crippen LogP contribution in [0.25, 0.3) is 0 Å². The van der Waals surface area contributed by atoms with E-state index in [1.54, 1.807) is 13.8 Å². The summed E-state index contributed by atoms with van der Waals surface area (Å²) >= 11 is 0. The zero-order valence-electron chi connectivity index (χ0n) is 16.0. The highest BCUT2D eigenvalue weighted by molar-refractivity contribution is 5.83. The van der Waals surface area contributed by atoms with Gasteiger partial charge in [0.15, 0.2) is 6.10 Å². The Morgan fingerprint density at radius 1 is 1.40 bits per heavy atom. The monoisotopic (exact) mass is 358 g/mol. The molecule has 1 saturated heterocycles. The van der Waals surface area contributed by atoms with Crippen LogP contribution in [0.4, 0.5) is 0 Å². The number of carbonyl (C=O) groups is 2. The van der Waals surface area contributed by atoms with Crippen molar-refractivity contribution in [2.24, 2.45) is 5.41 Å². The Balaban J connectivity index is 3.51. The van der Waals surface area contributed by atoms with Crippen molar-refractivity contribution in [2.45, 2.75) is 65.0 Å². The van der Waals surface area contributed by atoms with Gasteiger partial charge in [-0.25, -0.2) is 4.79 Å². The molecule has 1 aliphatic heterocycles. The molecular formula is C18H30O7. The zero-order valence-corrected chi connectivity index (χ0v) is 16.0. The highest BCUT2D eigenvalue weighted by Gasteiger charge is 2.59. The number of hydrogen-bond acceptors (Lipinski definition) is 7. The molecule has 1 fully saturated rings. The van der Waals surface area contributed by atoms with Gasteiger partial charge >= 0.3 is 11.9 Å². The first-order valence-corrected chi connectivity index (χ1v) is 8.46. The fourth-order valence-electron chi connectivity index (χ4n) is 3.17. The van der Waals surface area contributed by atoms with Crippen LogP contribution in [0.1, 0.15) is 47.0 Å². The summed E-state index contributed by atoms with van der Waals surface area (Å²) in [6.45, 7) is 6.56. The largest absolute Gasteiger partial charge is 0.466 e. The summed E-state index contributed by atoms with van der Waals surface area (Å²) in [4.78, 5) is 23.5. The molecule has 1 rings (SSSR count). The molecule has 0 aromatic rings. The van der Waals surface area contributed by atoms with Crippen LogP contribution >= 0.6 is 0 Å². The number of aliphatic hydroxyl groups excluding tert-OH is 1. The molecule has 0 aromatic heterocycles. The number of carbonyl (C=O) groups excluding carboxylic acids is 2. The summed E-state index contributed by atoms with van der Waals surface area (Å²) in [5.74, 6) is -2.50. The predicted octanol–water partition coefficient (Wildman–Crippen LogP) is 1.97. The Kier molecular flexibility index (Phi) is 7.59. The second-order valence-electron chi connectivity index (χ2n) is 6.88. The van der Waals surface area contributed by atoms with Gasteiger partial charge in [-0.1, -0.05) is 27.2 Å². The average Bonchev–Trinajstić information content (AvgIpc) is 2.56. The van der Waals surface area contributed by atoms with E-state index in [-0.39, 0.29) is 12.7 Å². The van der Waals surface area contributed by atoms with Crippen LogP contribution in [0.3, 0.4) is 0 Å². The van der Waals surface area contributed by atoms with E-state index < -0.39 is 29.2 Å². The lowest BCUT2D eigenvalue weighted by molar-refractivity contribution is -0.349. The van der Waals surface area contributed by atoms with Crippen molar-refractivity contribution < 1.29 is 33.6 Å². The van der Waals surface area contributed by atoms with Crippen LogP contribution < -0.4 is 0 Å². The maximum atomic E-state index is 11.8. The molecule has 0 aliphatic carbocycles. The summed E-state index contributed by atoms with van der Waals surface area (Å²) < 4.78 is 22.2. The van der Waals surface area contributed by atoms with Gasteiger partial charge in [-0.3, -0.25) is 4.79 Å². The molecule has 144 valence electrons. The van der Waals surface area contributed by atoms with Gasteiger partial charge in [-0.2, -0.15) is 0 Å². The Bertz CT molecular complexity index is 512. The van der Waals surface area contributed by atoms with E-state index in [0.29, 0.717) is 12.0 Å². The van der Waals surface area contributed by atoms with Gasteiger partial charge in [0.1, 0.15) is 0 Å². The molecule has 7 heteroatoms. The standard InChI is InChI=1S/C18H30O7/c1-7-8-14-9-13(10-15(21)22-5)16(24-12(2)20)18(23-6,25-14)17(3,4)11-19/h10,14,16,19H,7-9,11H2,1-6H3/b13-10+/t14-,16+,18-/m1/s1. The van der Waals surface area contributed by atoms with Crippen molar-refractivity contribution in [3.8, 4) is 0 Å². The van der Waals surface area contributed by atoms with Gasteiger partial charge in [0, 0.05) is 25.5 Å². The SMILES string of the molecule is CCC[C@@H]1C/C(=C\C(=O)OC)[C@H](OC(C)=O)[C@](OC)(C(C)(C)CO)O1. The fourth-order valence-corrected chi connectivity index (χ4v) is 3.17. The van der Waals surface area contributed by atoms with Crippen molar-refractivity contribution in [2.75, 3.05) is 20.8 Å². The molecule has 0 saturated carbocycles. The average molecular weight is 358 g/mol. The molecule has 25 heavy (non-hydrogen) atoms.